The molecular weight excluding hydrogens is 358 g/mol. The normalized spacial score (nSPS) is 11.0. The van der Waals surface area contributed by atoms with Crippen LogP contribution in [0, 0.1) is 6.92 Å². The first-order valence-electron chi connectivity index (χ1n) is 8.86. The van der Waals surface area contributed by atoms with Crippen LogP contribution in [0.25, 0.3) is 10.9 Å². The fourth-order valence-corrected chi connectivity index (χ4v) is 3.09. The van der Waals surface area contributed by atoms with E-state index in [1.54, 1.807) is 13.3 Å². The predicted molar refractivity (Wildman–Crippen MR) is 108 cm³/mol. The van der Waals surface area contributed by atoms with Crippen molar-refractivity contribution in [3.8, 4) is 11.5 Å². The minimum absolute atomic E-state index is 0.483. The Labute approximate surface area is 163 Å². The van der Waals surface area contributed by atoms with E-state index in [9.17, 15) is 4.79 Å². The number of nitrogens with zero attached hydrogens (tertiary/aromatic N) is 2. The van der Waals surface area contributed by atoms with Gasteiger partial charge in [0.05, 0.1) is 27.0 Å². The zero-order valence-corrected chi connectivity index (χ0v) is 16.1. The molecule has 0 radical (unpaired) electrons. The van der Waals surface area contributed by atoms with Gasteiger partial charge in [0.15, 0.2) is 11.5 Å². The molecule has 0 fully saturated rings. The monoisotopic (exact) mass is 381 g/mol. The molecule has 146 valence electrons. The highest BCUT2D eigenvalue weighted by molar-refractivity contribution is 6.01. The number of aromatic nitrogens is 1. The highest BCUT2D eigenvalue weighted by Crippen LogP contribution is 2.27. The van der Waals surface area contributed by atoms with Crippen molar-refractivity contribution in [2.24, 2.45) is 5.10 Å². The van der Waals surface area contributed by atoms with Crippen molar-refractivity contribution < 1.29 is 19.0 Å². The van der Waals surface area contributed by atoms with Gasteiger partial charge in [0.25, 0.3) is 0 Å². The number of nitrogens with one attached hydrogen (secondary N) is 1. The number of amides is 1. The van der Waals surface area contributed by atoms with Gasteiger partial charge in [-0.2, -0.15) is 5.10 Å². The number of hydrogen-bond donors (Lipinski definition) is 1. The van der Waals surface area contributed by atoms with Crippen molar-refractivity contribution >= 4 is 23.2 Å². The van der Waals surface area contributed by atoms with Gasteiger partial charge in [-0.3, -0.25) is 0 Å². The van der Waals surface area contributed by atoms with E-state index in [0.29, 0.717) is 24.7 Å². The van der Waals surface area contributed by atoms with Crippen LogP contribution in [0.5, 0.6) is 11.5 Å². The Kier molecular flexibility index (Phi) is 6.16. The van der Waals surface area contributed by atoms with Gasteiger partial charge >= 0.3 is 6.09 Å². The van der Waals surface area contributed by atoms with E-state index in [1.165, 1.54) is 7.11 Å². The molecule has 0 saturated carbocycles. The molecule has 1 heterocycles. The Morgan fingerprint density at radius 2 is 1.82 bits per heavy atom. The molecule has 0 spiro atoms. The van der Waals surface area contributed by atoms with Crippen LogP contribution in [0.4, 0.5) is 4.79 Å². The van der Waals surface area contributed by atoms with Crippen molar-refractivity contribution in [1.29, 1.82) is 0 Å². The molecule has 0 saturated heterocycles. The summed E-state index contributed by atoms with van der Waals surface area (Å²) in [6.07, 6.45) is 1.02. The Balaban J connectivity index is 1.81. The highest BCUT2D eigenvalue weighted by Gasteiger charge is 2.13. The molecule has 0 atom stereocenters. The third-order valence-electron chi connectivity index (χ3n) is 4.46. The lowest BCUT2D eigenvalue weighted by Crippen LogP contribution is -2.16. The number of hydrogen-bond acceptors (Lipinski definition) is 5. The zero-order valence-electron chi connectivity index (χ0n) is 16.1. The summed E-state index contributed by atoms with van der Waals surface area (Å²) in [6, 6.07) is 15.6. The third-order valence-corrected chi connectivity index (χ3v) is 4.46. The average Bonchev–Trinajstić information content (AvgIpc) is 3.00. The fraction of sp³-hybridized carbons (Fsp3) is 0.238. The maximum atomic E-state index is 11.2. The minimum Gasteiger partial charge on any atom is -0.493 e. The molecule has 7 nitrogen and oxygen atoms in total. The van der Waals surface area contributed by atoms with Gasteiger partial charge < -0.3 is 18.8 Å². The third kappa shape index (κ3) is 4.09. The number of fused-ring (bicyclic) bond motifs is 1. The van der Waals surface area contributed by atoms with Crippen molar-refractivity contribution in [3.05, 3.63) is 59.8 Å². The van der Waals surface area contributed by atoms with Crippen LogP contribution in [0.15, 0.2) is 53.6 Å². The topological polar surface area (TPSA) is 74.1 Å². The number of methoxy groups -OCH3 is 2. The maximum absolute atomic E-state index is 11.2. The smallest absolute Gasteiger partial charge is 0.427 e. The number of carbonyl (C=O) groups is 1. The molecule has 3 aromatic rings. The molecule has 3 rings (SSSR count). The summed E-state index contributed by atoms with van der Waals surface area (Å²) in [6.45, 7) is 3.15. The first-order valence-corrected chi connectivity index (χ1v) is 8.86. The second kappa shape index (κ2) is 8.94. The number of carbonyl (C=O) groups excluding carboxylic acids is 1. The molecule has 0 bridgehead atoms. The number of hydrazone groups is 1. The lowest BCUT2D eigenvalue weighted by atomic mass is 10.1. The van der Waals surface area contributed by atoms with Crippen LogP contribution in [-0.2, 0) is 11.3 Å². The van der Waals surface area contributed by atoms with Gasteiger partial charge in [-0.15, -0.1) is 0 Å². The highest BCUT2D eigenvalue weighted by atomic mass is 16.5. The molecule has 28 heavy (non-hydrogen) atoms. The molecular formula is C21H23N3O4. The molecule has 0 aliphatic carbocycles. The van der Waals surface area contributed by atoms with Crippen LogP contribution < -0.4 is 14.9 Å². The Morgan fingerprint density at radius 3 is 2.57 bits per heavy atom. The zero-order chi connectivity index (χ0) is 19.9. The summed E-state index contributed by atoms with van der Waals surface area (Å²) in [5.74, 6) is 1.42. The van der Waals surface area contributed by atoms with Gasteiger partial charge in [-0.25, -0.2) is 10.2 Å². The summed E-state index contributed by atoms with van der Waals surface area (Å²) in [5, 5.41) is 5.03. The van der Waals surface area contributed by atoms with E-state index in [2.05, 4.69) is 25.9 Å². The Bertz CT molecular complexity index is 994. The summed E-state index contributed by atoms with van der Waals surface area (Å²) >= 11 is 0. The standard InChI is InChI=1S/C21H23N3O4/c1-15-17(14-22-23-21(25)27-3)16-8-4-5-9-18(16)24(15)12-13-28-20-11-7-6-10-19(20)26-2/h4-11,14H,12-13H2,1-3H3,(H,23,25). The Hall–Kier alpha value is -3.48. The summed E-state index contributed by atoms with van der Waals surface area (Å²) in [7, 11) is 2.92. The lowest BCUT2D eigenvalue weighted by molar-refractivity contribution is 0.171. The summed E-state index contributed by atoms with van der Waals surface area (Å²) < 4.78 is 17.9. The Morgan fingerprint density at radius 1 is 1.11 bits per heavy atom. The average molecular weight is 381 g/mol. The molecule has 7 heteroatoms. The second-order valence-electron chi connectivity index (χ2n) is 6.03. The van der Waals surface area contributed by atoms with Crippen LogP contribution in [0.3, 0.4) is 0 Å². The largest absolute Gasteiger partial charge is 0.493 e. The quantitative estimate of drug-likeness (QED) is 0.500. The van der Waals surface area contributed by atoms with E-state index >= 15 is 0 Å². The molecule has 0 aliphatic heterocycles. The van der Waals surface area contributed by atoms with E-state index in [1.807, 2.05) is 49.4 Å². The van der Waals surface area contributed by atoms with Gasteiger partial charge in [0.2, 0.25) is 0 Å². The summed E-state index contributed by atoms with van der Waals surface area (Å²) in [5.41, 5.74) is 5.35. The first kappa shape index (κ1) is 19.3. The van der Waals surface area contributed by atoms with Crippen LogP contribution in [-0.4, -0.2) is 37.7 Å². The van der Waals surface area contributed by atoms with E-state index < -0.39 is 6.09 Å². The first-order chi connectivity index (χ1) is 13.7. The van der Waals surface area contributed by atoms with E-state index in [-0.39, 0.29) is 0 Å². The van der Waals surface area contributed by atoms with Crippen LogP contribution in [0.2, 0.25) is 0 Å². The number of benzene rings is 2. The van der Waals surface area contributed by atoms with Crippen LogP contribution >= 0.6 is 0 Å². The van der Waals surface area contributed by atoms with Gasteiger partial charge in [0.1, 0.15) is 6.61 Å². The van der Waals surface area contributed by atoms with Crippen molar-refractivity contribution in [1.82, 2.24) is 9.99 Å². The predicted octanol–water partition coefficient (Wildman–Crippen LogP) is 3.73. The minimum atomic E-state index is -0.608. The maximum Gasteiger partial charge on any atom is 0.427 e. The number of para-hydroxylation sites is 3. The molecule has 2 aromatic carbocycles. The fourth-order valence-electron chi connectivity index (χ4n) is 3.09. The van der Waals surface area contributed by atoms with Crippen molar-refractivity contribution in [2.75, 3.05) is 20.8 Å². The molecule has 0 aliphatic rings. The van der Waals surface area contributed by atoms with E-state index in [0.717, 1.165) is 22.2 Å². The lowest BCUT2D eigenvalue weighted by Gasteiger charge is -2.12. The van der Waals surface area contributed by atoms with Gasteiger partial charge in [-0.1, -0.05) is 30.3 Å². The summed E-state index contributed by atoms with van der Waals surface area (Å²) in [4.78, 5) is 11.2. The van der Waals surface area contributed by atoms with Gasteiger partial charge in [-0.05, 0) is 25.1 Å². The van der Waals surface area contributed by atoms with Gasteiger partial charge in [0, 0.05) is 22.2 Å². The molecule has 1 aromatic heterocycles. The molecule has 1 amide bonds. The second-order valence-corrected chi connectivity index (χ2v) is 6.03. The SMILES string of the molecule is COC(=O)NN=Cc1c(C)n(CCOc2ccccc2OC)c2ccccc12. The number of ether oxygens (including phenoxy) is 3. The van der Waals surface area contributed by atoms with Crippen molar-refractivity contribution in [3.63, 3.8) is 0 Å². The number of rotatable bonds is 7. The van der Waals surface area contributed by atoms with Crippen molar-refractivity contribution in [2.45, 2.75) is 13.5 Å². The van der Waals surface area contributed by atoms with E-state index in [4.69, 9.17) is 9.47 Å². The molecule has 1 N–H and O–H groups in total. The molecule has 0 unspecified atom stereocenters. The van der Waals surface area contributed by atoms with Crippen LogP contribution in [0.1, 0.15) is 11.3 Å².